The normalized spacial score (nSPS) is 14.4. The topological polar surface area (TPSA) is 109 Å². The largest absolute Gasteiger partial charge is 0.414 e. The van der Waals surface area contributed by atoms with Gasteiger partial charge in [0.2, 0.25) is 0 Å². The molecule has 2 amide bonds. The number of fused-ring (bicyclic) bond motifs is 1. The van der Waals surface area contributed by atoms with Crippen LogP contribution in [0.5, 0.6) is 5.06 Å². The van der Waals surface area contributed by atoms with Gasteiger partial charge in [-0.25, -0.2) is 9.18 Å². The van der Waals surface area contributed by atoms with E-state index in [1.165, 1.54) is 12.1 Å². The molecular formula is C27H28FN5O4S. The predicted molar refractivity (Wildman–Crippen MR) is 143 cm³/mol. The van der Waals surface area contributed by atoms with Crippen LogP contribution in [0.1, 0.15) is 35.3 Å². The molecule has 0 radical (unpaired) electrons. The summed E-state index contributed by atoms with van der Waals surface area (Å²) in [5, 5.41) is 13.6. The first-order chi connectivity index (χ1) is 18.3. The molecule has 0 aliphatic carbocycles. The van der Waals surface area contributed by atoms with Gasteiger partial charge in [-0.3, -0.25) is 14.8 Å². The third kappa shape index (κ3) is 6.01. The van der Waals surface area contributed by atoms with Crippen molar-refractivity contribution in [3.8, 4) is 5.06 Å². The second-order valence-corrected chi connectivity index (χ2v) is 10.6. The first-order valence-electron chi connectivity index (χ1n) is 12.2. The van der Waals surface area contributed by atoms with Crippen LogP contribution in [0.2, 0.25) is 0 Å². The molecule has 9 nitrogen and oxygen atoms in total. The summed E-state index contributed by atoms with van der Waals surface area (Å²) < 4.78 is 24.5. The number of nitrogens with one attached hydrogen (secondary N) is 3. The van der Waals surface area contributed by atoms with E-state index in [0.29, 0.717) is 32.2 Å². The molecule has 2 aromatic heterocycles. The highest BCUT2D eigenvalue weighted by atomic mass is 32.1. The van der Waals surface area contributed by atoms with Crippen LogP contribution < -0.4 is 15.4 Å². The maximum absolute atomic E-state index is 13.6. The molecule has 1 aliphatic heterocycles. The third-order valence-corrected chi connectivity index (χ3v) is 7.25. The number of carbonyl (C=O) groups is 2. The molecule has 1 aliphatic rings. The summed E-state index contributed by atoms with van der Waals surface area (Å²) in [5.41, 5.74) is 1.40. The molecule has 4 aromatic rings. The predicted octanol–water partition coefficient (Wildman–Crippen LogP) is 4.87. The van der Waals surface area contributed by atoms with E-state index in [9.17, 15) is 14.0 Å². The Morgan fingerprint density at radius 1 is 1.16 bits per heavy atom. The van der Waals surface area contributed by atoms with Crippen LogP contribution in [0.3, 0.4) is 0 Å². The number of morpholine rings is 1. The van der Waals surface area contributed by atoms with Gasteiger partial charge < -0.3 is 20.1 Å². The number of amides is 2. The van der Waals surface area contributed by atoms with Crippen LogP contribution >= 0.6 is 11.3 Å². The van der Waals surface area contributed by atoms with Crippen LogP contribution in [0.4, 0.5) is 15.0 Å². The van der Waals surface area contributed by atoms with Gasteiger partial charge in [0.1, 0.15) is 11.6 Å². The molecule has 3 N–H and O–H groups in total. The lowest BCUT2D eigenvalue weighted by molar-refractivity contribution is 0.0342. The molecule has 1 saturated heterocycles. The van der Waals surface area contributed by atoms with Gasteiger partial charge in [-0.05, 0) is 49.2 Å². The number of carbonyl (C=O) groups excluding carboxylic acids is 2. The average Bonchev–Trinajstić information content (AvgIpc) is 3.45. The van der Waals surface area contributed by atoms with Gasteiger partial charge in [0, 0.05) is 31.3 Å². The van der Waals surface area contributed by atoms with Crippen molar-refractivity contribution in [2.24, 2.45) is 0 Å². The van der Waals surface area contributed by atoms with Gasteiger partial charge in [-0.1, -0.05) is 35.6 Å². The Bertz CT molecular complexity index is 1440. The van der Waals surface area contributed by atoms with Crippen LogP contribution in [0, 0.1) is 5.82 Å². The second-order valence-electron chi connectivity index (χ2n) is 9.57. The van der Waals surface area contributed by atoms with Gasteiger partial charge in [-0.15, -0.1) is 0 Å². The van der Waals surface area contributed by atoms with Gasteiger partial charge >= 0.3 is 6.09 Å². The number of nitrogens with zero attached hydrogens (tertiary/aromatic N) is 2. The second kappa shape index (κ2) is 10.9. The zero-order chi connectivity index (χ0) is 26.7. The molecule has 0 spiro atoms. The number of anilines is 1. The number of rotatable bonds is 7. The van der Waals surface area contributed by atoms with Crippen molar-refractivity contribution in [1.29, 1.82) is 0 Å². The Hall–Kier alpha value is -3.80. The summed E-state index contributed by atoms with van der Waals surface area (Å²) in [5.74, 6) is -0.255. The molecule has 0 saturated carbocycles. The van der Waals surface area contributed by atoms with Crippen molar-refractivity contribution in [1.82, 2.24) is 20.4 Å². The summed E-state index contributed by atoms with van der Waals surface area (Å²) in [6.07, 6.45) is -0.685. The summed E-state index contributed by atoms with van der Waals surface area (Å²) in [4.78, 5) is 28.3. The highest BCUT2D eigenvalue weighted by Gasteiger charge is 2.25. The number of thiophene rings is 1. The molecule has 11 heteroatoms. The lowest BCUT2D eigenvalue weighted by atomic mass is 9.94. The monoisotopic (exact) mass is 537 g/mol. The minimum absolute atomic E-state index is 0.281. The molecule has 2 aromatic carbocycles. The number of aromatic nitrogens is 2. The van der Waals surface area contributed by atoms with Crippen LogP contribution in [-0.2, 0) is 16.8 Å². The Morgan fingerprint density at radius 2 is 1.92 bits per heavy atom. The Balaban J connectivity index is 1.20. The standard InChI is InChI=1S/C27H28FN5O4S/c1-27(2,19-4-3-5-20(28)14-19)30-26(35)37-22-15-21-23(31-32-25(21)38-22)29-24(34)18-8-6-17(7-9-18)16-33-10-12-36-13-11-33/h3-9,14-15H,10-13,16H2,1-2H3,(H,30,35)(H2,29,31,32,34). The van der Waals surface area contributed by atoms with E-state index in [1.54, 1.807) is 44.2 Å². The zero-order valence-corrected chi connectivity index (χ0v) is 21.9. The lowest BCUT2D eigenvalue weighted by Gasteiger charge is -2.26. The number of hydrogen-bond donors (Lipinski definition) is 3. The highest BCUT2D eigenvalue weighted by molar-refractivity contribution is 7.20. The zero-order valence-electron chi connectivity index (χ0n) is 21.0. The van der Waals surface area contributed by atoms with Gasteiger partial charge in [0.25, 0.3) is 5.91 Å². The summed E-state index contributed by atoms with van der Waals surface area (Å²) >= 11 is 1.16. The minimum atomic E-state index is -0.853. The fourth-order valence-corrected chi connectivity index (χ4v) is 5.07. The van der Waals surface area contributed by atoms with Crippen LogP contribution in [-0.4, -0.2) is 53.4 Å². The summed E-state index contributed by atoms with van der Waals surface area (Å²) in [6.45, 7) is 7.61. The van der Waals surface area contributed by atoms with Crippen LogP contribution in [0.15, 0.2) is 54.6 Å². The quantitative estimate of drug-likeness (QED) is 0.310. The summed E-state index contributed by atoms with van der Waals surface area (Å²) in [7, 11) is 0. The van der Waals surface area contributed by atoms with E-state index >= 15 is 0 Å². The van der Waals surface area contributed by atoms with Crippen molar-refractivity contribution in [2.45, 2.75) is 25.9 Å². The maximum Gasteiger partial charge on any atom is 0.414 e. The molecule has 38 heavy (non-hydrogen) atoms. The van der Waals surface area contributed by atoms with Crippen LogP contribution in [0.25, 0.3) is 10.2 Å². The first-order valence-corrected chi connectivity index (χ1v) is 13.0. The fourth-order valence-electron chi connectivity index (χ4n) is 4.22. The smallest absolute Gasteiger partial charge is 0.399 e. The number of halogens is 1. The number of hydrogen-bond acceptors (Lipinski definition) is 7. The Morgan fingerprint density at radius 3 is 2.66 bits per heavy atom. The highest BCUT2D eigenvalue weighted by Crippen LogP contribution is 2.35. The number of H-pyrrole nitrogens is 1. The molecule has 3 heterocycles. The fraction of sp³-hybridized carbons (Fsp3) is 0.296. The third-order valence-electron chi connectivity index (χ3n) is 6.35. The minimum Gasteiger partial charge on any atom is -0.399 e. The van der Waals surface area contributed by atoms with Gasteiger partial charge in [0.15, 0.2) is 9.89 Å². The SMILES string of the molecule is CC(C)(NC(=O)Oc1cc2c(NC(=O)c3ccc(CN4CCOCC4)cc3)[nH]nc2s1)c1cccc(F)c1. The summed E-state index contributed by atoms with van der Waals surface area (Å²) in [6, 6.07) is 15.2. The average molecular weight is 538 g/mol. The van der Waals surface area contributed by atoms with Gasteiger partial charge in [0.05, 0.1) is 24.1 Å². The molecular weight excluding hydrogens is 509 g/mol. The number of benzene rings is 2. The van der Waals surface area contributed by atoms with Gasteiger partial charge in [-0.2, -0.15) is 5.10 Å². The molecule has 0 unspecified atom stereocenters. The number of aromatic amines is 1. The van der Waals surface area contributed by atoms with Crippen molar-refractivity contribution in [3.05, 3.63) is 77.1 Å². The number of ether oxygens (including phenoxy) is 2. The van der Waals surface area contributed by atoms with Crippen molar-refractivity contribution < 1.29 is 23.5 Å². The van der Waals surface area contributed by atoms with E-state index in [-0.39, 0.29) is 11.7 Å². The Labute approximate surface area is 222 Å². The molecule has 0 bridgehead atoms. The van der Waals surface area contributed by atoms with E-state index < -0.39 is 11.6 Å². The van der Waals surface area contributed by atoms with E-state index in [1.807, 2.05) is 12.1 Å². The van der Waals surface area contributed by atoms with E-state index in [0.717, 1.165) is 49.7 Å². The van der Waals surface area contributed by atoms with Crippen molar-refractivity contribution >= 4 is 39.4 Å². The van der Waals surface area contributed by atoms with Crippen molar-refractivity contribution in [2.75, 3.05) is 31.6 Å². The first kappa shape index (κ1) is 25.8. The molecule has 5 rings (SSSR count). The molecule has 0 atom stereocenters. The molecule has 1 fully saturated rings. The van der Waals surface area contributed by atoms with E-state index in [2.05, 4.69) is 25.7 Å². The van der Waals surface area contributed by atoms with Crippen molar-refractivity contribution in [3.63, 3.8) is 0 Å². The van der Waals surface area contributed by atoms with E-state index in [4.69, 9.17) is 9.47 Å². The molecule has 198 valence electrons. The maximum atomic E-state index is 13.6. The Kier molecular flexibility index (Phi) is 7.41. The lowest BCUT2D eigenvalue weighted by Crippen LogP contribution is -2.42.